The molecule has 0 aliphatic heterocycles. The number of carbonyl (C=O) groups excluding carboxylic acids is 1. The number of imidazole rings is 1. The van der Waals surface area contributed by atoms with Crippen molar-refractivity contribution in [3.63, 3.8) is 0 Å². The molecule has 7 heteroatoms. The molecular formula is C14H9BrClN3OS. The van der Waals surface area contributed by atoms with Crippen molar-refractivity contribution in [1.29, 1.82) is 0 Å². The third-order valence-corrected chi connectivity index (χ3v) is 4.32. The molecule has 0 aliphatic carbocycles. The van der Waals surface area contributed by atoms with Crippen LogP contribution in [0.1, 0.15) is 5.69 Å². The summed E-state index contributed by atoms with van der Waals surface area (Å²) in [7, 11) is 0. The lowest BCUT2D eigenvalue weighted by atomic mass is 10.3. The number of aromatic nitrogens is 2. The zero-order valence-electron chi connectivity index (χ0n) is 10.6. The Morgan fingerprint density at radius 1 is 1.38 bits per heavy atom. The Kier molecular flexibility index (Phi) is 4.10. The summed E-state index contributed by atoms with van der Waals surface area (Å²) in [5.41, 5.74) is 1.42. The Balaban J connectivity index is 1.76. The molecule has 0 fully saturated rings. The molecule has 1 N–H and O–H groups in total. The van der Waals surface area contributed by atoms with E-state index in [4.69, 9.17) is 11.6 Å². The van der Waals surface area contributed by atoms with Crippen molar-refractivity contribution in [1.82, 2.24) is 9.38 Å². The Bertz CT molecular complexity index is 822. The number of amides is 1. The van der Waals surface area contributed by atoms with Gasteiger partial charge in [-0.25, -0.2) is 4.98 Å². The fourth-order valence-corrected chi connectivity index (χ4v) is 3.07. The Morgan fingerprint density at radius 3 is 2.90 bits per heavy atom. The predicted octanol–water partition coefficient (Wildman–Crippen LogP) is 4.46. The molecule has 0 unspecified atom stereocenters. The van der Waals surface area contributed by atoms with Gasteiger partial charge in [0.25, 0.3) is 0 Å². The SMILES string of the molecule is O=C(/C=C/c1c(Cl)nc2sccn12)Nc1ccc(Br)cc1. The molecule has 0 spiro atoms. The smallest absolute Gasteiger partial charge is 0.248 e. The first-order valence-electron chi connectivity index (χ1n) is 5.99. The van der Waals surface area contributed by atoms with Crippen molar-refractivity contribution in [2.45, 2.75) is 0 Å². The topological polar surface area (TPSA) is 46.4 Å². The van der Waals surface area contributed by atoms with Gasteiger partial charge in [-0.1, -0.05) is 27.5 Å². The molecule has 0 atom stereocenters. The van der Waals surface area contributed by atoms with Crippen LogP contribution < -0.4 is 5.32 Å². The largest absolute Gasteiger partial charge is 0.323 e. The van der Waals surface area contributed by atoms with Crippen LogP contribution in [0.2, 0.25) is 5.15 Å². The van der Waals surface area contributed by atoms with Crippen LogP contribution in [0.5, 0.6) is 0 Å². The molecule has 2 heterocycles. The molecule has 0 aliphatic rings. The summed E-state index contributed by atoms with van der Waals surface area (Å²) >= 11 is 10.9. The lowest BCUT2D eigenvalue weighted by molar-refractivity contribution is -0.111. The maximum absolute atomic E-state index is 11.9. The third kappa shape index (κ3) is 3.18. The van der Waals surface area contributed by atoms with Gasteiger partial charge in [0, 0.05) is 27.8 Å². The highest BCUT2D eigenvalue weighted by molar-refractivity contribution is 9.10. The second kappa shape index (κ2) is 6.01. The van der Waals surface area contributed by atoms with E-state index in [1.54, 1.807) is 6.08 Å². The number of hydrogen-bond acceptors (Lipinski definition) is 3. The zero-order valence-corrected chi connectivity index (χ0v) is 13.7. The van der Waals surface area contributed by atoms with E-state index in [1.807, 2.05) is 40.2 Å². The number of halogens is 2. The number of anilines is 1. The third-order valence-electron chi connectivity index (χ3n) is 2.76. The number of thiazole rings is 1. The Morgan fingerprint density at radius 2 is 2.14 bits per heavy atom. The van der Waals surface area contributed by atoms with Gasteiger partial charge >= 0.3 is 0 Å². The molecular weight excluding hydrogens is 374 g/mol. The highest BCUT2D eigenvalue weighted by Gasteiger charge is 2.08. The minimum absolute atomic E-state index is 0.224. The lowest BCUT2D eigenvalue weighted by Crippen LogP contribution is -2.07. The van der Waals surface area contributed by atoms with Crippen LogP contribution in [0.25, 0.3) is 11.0 Å². The van der Waals surface area contributed by atoms with Gasteiger partial charge in [-0.15, -0.1) is 11.3 Å². The summed E-state index contributed by atoms with van der Waals surface area (Å²) in [5, 5.41) is 5.07. The second-order valence-electron chi connectivity index (χ2n) is 4.17. The van der Waals surface area contributed by atoms with Crippen LogP contribution in [-0.2, 0) is 4.79 Å². The molecule has 0 saturated carbocycles. The number of carbonyl (C=O) groups is 1. The highest BCUT2D eigenvalue weighted by Crippen LogP contribution is 2.22. The Hall–Kier alpha value is -1.63. The number of hydrogen-bond donors (Lipinski definition) is 1. The summed E-state index contributed by atoms with van der Waals surface area (Å²) < 4.78 is 2.80. The van der Waals surface area contributed by atoms with Crippen molar-refractivity contribution in [3.05, 3.63) is 57.2 Å². The van der Waals surface area contributed by atoms with Crippen molar-refractivity contribution in [3.8, 4) is 0 Å². The zero-order chi connectivity index (χ0) is 14.8. The van der Waals surface area contributed by atoms with Crippen LogP contribution >= 0.6 is 38.9 Å². The van der Waals surface area contributed by atoms with Crippen LogP contribution in [0.3, 0.4) is 0 Å². The minimum atomic E-state index is -0.224. The summed E-state index contributed by atoms with van der Waals surface area (Å²) in [6.45, 7) is 0. The van der Waals surface area contributed by atoms with Gasteiger partial charge in [-0.3, -0.25) is 9.20 Å². The van der Waals surface area contributed by atoms with Crippen LogP contribution in [0.4, 0.5) is 5.69 Å². The summed E-state index contributed by atoms with van der Waals surface area (Å²) in [4.78, 5) is 16.9. The first-order valence-corrected chi connectivity index (χ1v) is 8.04. The van der Waals surface area contributed by atoms with E-state index in [0.29, 0.717) is 10.8 Å². The van der Waals surface area contributed by atoms with E-state index < -0.39 is 0 Å². The van der Waals surface area contributed by atoms with Crippen molar-refractivity contribution in [2.75, 3.05) is 5.32 Å². The maximum Gasteiger partial charge on any atom is 0.248 e. The Labute approximate surface area is 138 Å². The second-order valence-corrected chi connectivity index (χ2v) is 6.32. The van der Waals surface area contributed by atoms with Crippen molar-refractivity contribution < 1.29 is 4.79 Å². The molecule has 4 nitrogen and oxygen atoms in total. The van der Waals surface area contributed by atoms with Crippen LogP contribution in [-0.4, -0.2) is 15.3 Å². The molecule has 3 aromatic rings. The molecule has 1 amide bonds. The summed E-state index contributed by atoms with van der Waals surface area (Å²) in [6, 6.07) is 7.36. The number of benzene rings is 1. The number of rotatable bonds is 3. The van der Waals surface area contributed by atoms with E-state index in [1.165, 1.54) is 17.4 Å². The maximum atomic E-state index is 11.9. The number of fused-ring (bicyclic) bond motifs is 1. The summed E-state index contributed by atoms with van der Waals surface area (Å²) in [5.74, 6) is -0.224. The normalized spacial score (nSPS) is 11.3. The van der Waals surface area contributed by atoms with Gasteiger partial charge in [0.2, 0.25) is 5.91 Å². The molecule has 0 bridgehead atoms. The quantitative estimate of drug-likeness (QED) is 0.680. The van der Waals surface area contributed by atoms with E-state index in [-0.39, 0.29) is 5.91 Å². The average Bonchev–Trinajstić information content (AvgIpc) is 3.00. The van der Waals surface area contributed by atoms with Crippen LogP contribution in [0.15, 0.2) is 46.4 Å². The first-order chi connectivity index (χ1) is 10.1. The van der Waals surface area contributed by atoms with E-state index >= 15 is 0 Å². The van der Waals surface area contributed by atoms with Gasteiger partial charge < -0.3 is 5.32 Å². The molecule has 106 valence electrons. The molecule has 21 heavy (non-hydrogen) atoms. The van der Waals surface area contributed by atoms with Gasteiger partial charge in [0.1, 0.15) is 0 Å². The van der Waals surface area contributed by atoms with Gasteiger partial charge in [0.05, 0.1) is 5.69 Å². The highest BCUT2D eigenvalue weighted by atomic mass is 79.9. The van der Waals surface area contributed by atoms with Crippen molar-refractivity contribution >= 4 is 61.5 Å². The lowest BCUT2D eigenvalue weighted by Gasteiger charge is -2.01. The standard InChI is InChI=1S/C14H9BrClN3OS/c15-9-1-3-10(4-2-9)17-12(20)6-5-11-13(16)18-14-19(11)7-8-21-14/h1-8H,(H,17,20)/b6-5+. The molecule has 0 radical (unpaired) electrons. The monoisotopic (exact) mass is 381 g/mol. The van der Waals surface area contributed by atoms with Crippen LogP contribution in [0, 0.1) is 0 Å². The van der Waals surface area contributed by atoms with Crippen molar-refractivity contribution in [2.24, 2.45) is 0 Å². The molecule has 2 aromatic heterocycles. The predicted molar refractivity (Wildman–Crippen MR) is 89.9 cm³/mol. The minimum Gasteiger partial charge on any atom is -0.323 e. The summed E-state index contributed by atoms with van der Waals surface area (Å²) in [6.07, 6.45) is 4.96. The fourth-order valence-electron chi connectivity index (χ4n) is 1.80. The molecule has 0 saturated heterocycles. The van der Waals surface area contributed by atoms with Gasteiger partial charge in [-0.05, 0) is 30.3 Å². The molecule has 1 aromatic carbocycles. The molecule has 3 rings (SSSR count). The number of nitrogens with one attached hydrogen (secondary N) is 1. The van der Waals surface area contributed by atoms with E-state index in [2.05, 4.69) is 26.2 Å². The van der Waals surface area contributed by atoms with Gasteiger partial charge in [0.15, 0.2) is 10.1 Å². The van der Waals surface area contributed by atoms with E-state index in [0.717, 1.165) is 15.1 Å². The fraction of sp³-hybridized carbons (Fsp3) is 0. The average molecular weight is 383 g/mol. The van der Waals surface area contributed by atoms with E-state index in [9.17, 15) is 4.79 Å². The van der Waals surface area contributed by atoms with Gasteiger partial charge in [-0.2, -0.15) is 0 Å². The number of nitrogens with zero attached hydrogens (tertiary/aromatic N) is 2. The first kappa shape index (κ1) is 14.3.